The molecule has 0 saturated carbocycles. The third kappa shape index (κ3) is 2.58. The molecule has 1 aliphatic rings. The van der Waals surface area contributed by atoms with Gasteiger partial charge in [0.25, 0.3) is 5.91 Å². The molecule has 2 atom stereocenters. The number of hydrogen-bond acceptors (Lipinski definition) is 5. The molecular formula is C14H18N4O2S. The summed E-state index contributed by atoms with van der Waals surface area (Å²) in [5.41, 5.74) is 3.52. The van der Waals surface area contributed by atoms with Crippen molar-refractivity contribution in [3.05, 3.63) is 34.1 Å². The van der Waals surface area contributed by atoms with Crippen molar-refractivity contribution in [1.82, 2.24) is 19.5 Å². The monoisotopic (exact) mass is 306 g/mol. The Kier molecular flexibility index (Phi) is 3.77. The van der Waals surface area contributed by atoms with E-state index in [4.69, 9.17) is 4.74 Å². The fourth-order valence-corrected chi connectivity index (χ4v) is 3.29. The van der Waals surface area contributed by atoms with Gasteiger partial charge in [-0.05, 0) is 31.8 Å². The van der Waals surface area contributed by atoms with Gasteiger partial charge in [-0.25, -0.2) is 0 Å². The highest BCUT2D eigenvalue weighted by atomic mass is 32.1. The molecule has 1 N–H and O–H groups in total. The number of nitrogens with zero attached hydrogens (tertiary/aromatic N) is 3. The van der Waals surface area contributed by atoms with Crippen LogP contribution in [0.3, 0.4) is 0 Å². The summed E-state index contributed by atoms with van der Waals surface area (Å²) >= 11 is 1.30. The van der Waals surface area contributed by atoms with Gasteiger partial charge in [-0.3, -0.25) is 9.48 Å². The lowest BCUT2D eigenvalue weighted by atomic mass is 10.0. The molecule has 7 heteroatoms. The first-order valence-electron chi connectivity index (χ1n) is 6.90. The van der Waals surface area contributed by atoms with Crippen molar-refractivity contribution in [3.8, 4) is 0 Å². The third-order valence-electron chi connectivity index (χ3n) is 3.98. The van der Waals surface area contributed by atoms with E-state index in [1.807, 2.05) is 31.8 Å². The third-order valence-corrected chi connectivity index (χ3v) is 4.70. The highest BCUT2D eigenvalue weighted by molar-refractivity contribution is 7.03. The van der Waals surface area contributed by atoms with Gasteiger partial charge < -0.3 is 10.1 Å². The second-order valence-electron chi connectivity index (χ2n) is 5.28. The number of carbonyl (C=O) groups is 1. The van der Waals surface area contributed by atoms with Gasteiger partial charge in [-0.1, -0.05) is 0 Å². The van der Waals surface area contributed by atoms with Gasteiger partial charge in [0.15, 0.2) is 0 Å². The predicted octanol–water partition coefficient (Wildman–Crippen LogP) is 1.75. The summed E-state index contributed by atoms with van der Waals surface area (Å²) < 4.78 is 11.8. The Morgan fingerprint density at radius 2 is 2.33 bits per heavy atom. The molecule has 21 heavy (non-hydrogen) atoms. The molecule has 1 amide bonds. The van der Waals surface area contributed by atoms with Crippen molar-refractivity contribution in [3.63, 3.8) is 0 Å². The van der Waals surface area contributed by atoms with E-state index in [1.165, 1.54) is 11.5 Å². The van der Waals surface area contributed by atoms with Crippen LogP contribution >= 0.6 is 11.5 Å². The Morgan fingerprint density at radius 3 is 2.95 bits per heavy atom. The molecule has 0 bridgehead atoms. The fourth-order valence-electron chi connectivity index (χ4n) is 2.60. The van der Waals surface area contributed by atoms with E-state index in [0.29, 0.717) is 12.2 Å². The topological polar surface area (TPSA) is 69.0 Å². The van der Waals surface area contributed by atoms with Crippen molar-refractivity contribution >= 4 is 17.4 Å². The summed E-state index contributed by atoms with van der Waals surface area (Å²) in [5.74, 6) is -0.0803. The van der Waals surface area contributed by atoms with Gasteiger partial charge >= 0.3 is 0 Å². The minimum absolute atomic E-state index is 0.0281. The van der Waals surface area contributed by atoms with Crippen LogP contribution in [0.15, 0.2) is 11.6 Å². The van der Waals surface area contributed by atoms with Crippen molar-refractivity contribution in [2.75, 3.05) is 6.61 Å². The van der Waals surface area contributed by atoms with Gasteiger partial charge in [0, 0.05) is 30.3 Å². The average Bonchev–Trinajstić information content (AvgIpc) is 3.14. The summed E-state index contributed by atoms with van der Waals surface area (Å²) in [7, 11) is 1.90. The molecule has 6 nitrogen and oxygen atoms in total. The van der Waals surface area contributed by atoms with E-state index in [0.717, 1.165) is 23.4 Å². The molecule has 3 rings (SSSR count). The van der Waals surface area contributed by atoms with Gasteiger partial charge in [0.05, 0.1) is 23.5 Å². The number of ether oxygens (including phenoxy) is 1. The van der Waals surface area contributed by atoms with E-state index in [9.17, 15) is 4.79 Å². The molecule has 0 spiro atoms. The molecule has 2 aromatic heterocycles. The molecule has 0 radical (unpaired) electrons. The van der Waals surface area contributed by atoms with Crippen LogP contribution in [0.5, 0.6) is 0 Å². The zero-order chi connectivity index (χ0) is 15.0. The highest BCUT2D eigenvalue weighted by Crippen LogP contribution is 2.31. The Labute approximate surface area is 127 Å². The summed E-state index contributed by atoms with van der Waals surface area (Å²) in [5, 5.41) is 9.11. The van der Waals surface area contributed by atoms with Crippen LogP contribution in [0, 0.1) is 13.8 Å². The largest absolute Gasteiger partial charge is 0.371 e. The molecule has 0 aromatic carbocycles. The first-order chi connectivity index (χ1) is 10.1. The standard InChI is InChI=1S/C14H18N4O2S/c1-8-11(7-21-17-8)14(19)16-12-4-5-20-13(12)10-6-15-18(3)9(10)2/h6-7,12-13H,4-5H2,1-3H3,(H,16,19)/t12-,13+/m0/s1. The van der Waals surface area contributed by atoms with Crippen LogP contribution in [-0.2, 0) is 11.8 Å². The summed E-state index contributed by atoms with van der Waals surface area (Å²) in [6, 6.07) is -0.0281. The minimum atomic E-state index is -0.130. The maximum Gasteiger partial charge on any atom is 0.254 e. The van der Waals surface area contributed by atoms with Gasteiger partial charge in [-0.15, -0.1) is 0 Å². The maximum absolute atomic E-state index is 12.3. The van der Waals surface area contributed by atoms with E-state index in [2.05, 4.69) is 14.8 Å². The lowest BCUT2D eigenvalue weighted by Crippen LogP contribution is -2.37. The molecule has 112 valence electrons. The fraction of sp³-hybridized carbons (Fsp3) is 0.500. The molecule has 2 aromatic rings. The number of hydrogen-bond donors (Lipinski definition) is 1. The zero-order valence-corrected chi connectivity index (χ0v) is 13.1. The number of rotatable bonds is 3. The van der Waals surface area contributed by atoms with Crippen molar-refractivity contribution < 1.29 is 9.53 Å². The smallest absolute Gasteiger partial charge is 0.254 e. The second-order valence-corrected chi connectivity index (χ2v) is 5.91. The Bertz CT molecular complexity index is 664. The Morgan fingerprint density at radius 1 is 1.52 bits per heavy atom. The van der Waals surface area contributed by atoms with Crippen molar-refractivity contribution in [2.24, 2.45) is 7.05 Å². The summed E-state index contributed by atoms with van der Waals surface area (Å²) in [4.78, 5) is 12.3. The minimum Gasteiger partial charge on any atom is -0.371 e. The predicted molar refractivity (Wildman–Crippen MR) is 79.4 cm³/mol. The van der Waals surface area contributed by atoms with Gasteiger partial charge in [0.2, 0.25) is 0 Å². The van der Waals surface area contributed by atoms with E-state index >= 15 is 0 Å². The van der Waals surface area contributed by atoms with Crippen LogP contribution in [0.1, 0.15) is 39.8 Å². The van der Waals surface area contributed by atoms with Crippen LogP contribution in [-0.4, -0.2) is 32.7 Å². The number of aryl methyl sites for hydroxylation is 2. The molecule has 1 aliphatic heterocycles. The maximum atomic E-state index is 12.3. The lowest BCUT2D eigenvalue weighted by Gasteiger charge is -2.19. The van der Waals surface area contributed by atoms with Crippen molar-refractivity contribution in [1.29, 1.82) is 0 Å². The first-order valence-corrected chi connectivity index (χ1v) is 7.73. The van der Waals surface area contributed by atoms with Gasteiger partial charge in [-0.2, -0.15) is 9.47 Å². The first kappa shape index (κ1) is 14.2. The number of aromatic nitrogens is 3. The van der Waals surface area contributed by atoms with Gasteiger partial charge in [0.1, 0.15) is 6.10 Å². The molecule has 1 saturated heterocycles. The quantitative estimate of drug-likeness (QED) is 0.938. The second kappa shape index (κ2) is 5.57. The van der Waals surface area contributed by atoms with Crippen LogP contribution in [0.2, 0.25) is 0 Å². The van der Waals surface area contributed by atoms with E-state index in [-0.39, 0.29) is 18.1 Å². The van der Waals surface area contributed by atoms with Crippen LogP contribution < -0.4 is 5.32 Å². The average molecular weight is 306 g/mol. The SMILES string of the molecule is Cc1nscc1C(=O)N[C@H]1CCO[C@@H]1c1cnn(C)c1C. The lowest BCUT2D eigenvalue weighted by molar-refractivity contribution is 0.0819. The van der Waals surface area contributed by atoms with Crippen LogP contribution in [0.4, 0.5) is 0 Å². The molecule has 3 heterocycles. The van der Waals surface area contributed by atoms with E-state index in [1.54, 1.807) is 5.38 Å². The molecule has 0 unspecified atom stereocenters. The summed E-state index contributed by atoms with van der Waals surface area (Å²) in [6.07, 6.45) is 2.50. The molecular weight excluding hydrogens is 288 g/mol. The summed E-state index contributed by atoms with van der Waals surface area (Å²) in [6.45, 7) is 4.50. The normalized spacial score (nSPS) is 21.7. The Balaban J connectivity index is 1.77. The van der Waals surface area contributed by atoms with Crippen molar-refractivity contribution in [2.45, 2.75) is 32.4 Å². The number of amides is 1. The number of carbonyl (C=O) groups excluding carboxylic acids is 1. The number of nitrogens with one attached hydrogen (secondary N) is 1. The van der Waals surface area contributed by atoms with E-state index < -0.39 is 0 Å². The van der Waals surface area contributed by atoms with Crippen LogP contribution in [0.25, 0.3) is 0 Å². The zero-order valence-electron chi connectivity index (χ0n) is 12.3. The molecule has 1 fully saturated rings. The Hall–Kier alpha value is -1.73. The molecule has 0 aliphatic carbocycles. The highest BCUT2D eigenvalue weighted by Gasteiger charge is 2.33.